The fourth-order valence-corrected chi connectivity index (χ4v) is 3.68. The molecule has 0 saturated carbocycles. The predicted molar refractivity (Wildman–Crippen MR) is 91.8 cm³/mol. The summed E-state index contributed by atoms with van der Waals surface area (Å²) in [5.41, 5.74) is 1.71. The van der Waals surface area contributed by atoms with E-state index >= 15 is 0 Å². The van der Waals surface area contributed by atoms with E-state index in [2.05, 4.69) is 10.1 Å². The highest BCUT2D eigenvalue weighted by molar-refractivity contribution is 7.08. The van der Waals surface area contributed by atoms with E-state index in [4.69, 9.17) is 4.52 Å². The molecule has 0 aliphatic carbocycles. The zero-order valence-electron chi connectivity index (χ0n) is 13.1. The van der Waals surface area contributed by atoms with Crippen molar-refractivity contribution in [2.24, 2.45) is 5.92 Å². The Labute approximate surface area is 143 Å². The molecule has 5 nitrogen and oxygen atoms in total. The van der Waals surface area contributed by atoms with Crippen molar-refractivity contribution in [1.29, 1.82) is 0 Å². The number of benzene rings is 1. The Bertz CT molecular complexity index is 814. The van der Waals surface area contributed by atoms with Crippen LogP contribution in [0.15, 0.2) is 51.7 Å². The van der Waals surface area contributed by atoms with E-state index in [-0.39, 0.29) is 5.91 Å². The highest BCUT2D eigenvalue weighted by Gasteiger charge is 2.28. The van der Waals surface area contributed by atoms with Gasteiger partial charge in [0.25, 0.3) is 11.8 Å². The molecule has 0 N–H and O–H groups in total. The minimum atomic E-state index is 0.122. The van der Waals surface area contributed by atoms with Gasteiger partial charge in [0.1, 0.15) is 0 Å². The third-order valence-corrected chi connectivity index (χ3v) is 4.98. The number of hydrogen-bond donors (Lipinski definition) is 0. The minimum absolute atomic E-state index is 0.122. The monoisotopic (exact) mass is 339 g/mol. The molecule has 1 fully saturated rings. The lowest BCUT2D eigenvalue weighted by Gasteiger charge is -2.15. The summed E-state index contributed by atoms with van der Waals surface area (Å²) < 4.78 is 5.35. The Morgan fingerprint density at radius 3 is 2.96 bits per heavy atom. The van der Waals surface area contributed by atoms with Crippen LogP contribution >= 0.6 is 11.3 Å². The molecule has 1 aliphatic heterocycles. The summed E-state index contributed by atoms with van der Waals surface area (Å²) >= 11 is 1.55. The molecule has 2 aromatic heterocycles. The Morgan fingerprint density at radius 2 is 2.17 bits per heavy atom. The van der Waals surface area contributed by atoms with Crippen LogP contribution in [0.2, 0.25) is 0 Å². The largest absolute Gasteiger partial charge is 0.338 e. The molecule has 1 amide bonds. The number of amides is 1. The smallest absolute Gasteiger partial charge is 0.257 e. The van der Waals surface area contributed by atoms with Gasteiger partial charge >= 0.3 is 0 Å². The molecule has 1 aromatic carbocycles. The van der Waals surface area contributed by atoms with Gasteiger partial charge in [-0.25, -0.2) is 0 Å². The average molecular weight is 339 g/mol. The molecule has 1 aliphatic rings. The molecule has 24 heavy (non-hydrogen) atoms. The van der Waals surface area contributed by atoms with Gasteiger partial charge in [0.2, 0.25) is 0 Å². The maximum atomic E-state index is 12.4. The first kappa shape index (κ1) is 15.1. The van der Waals surface area contributed by atoms with E-state index in [1.54, 1.807) is 11.3 Å². The molecule has 4 rings (SSSR count). The second-order valence-corrected chi connectivity index (χ2v) is 6.78. The van der Waals surface area contributed by atoms with Crippen molar-refractivity contribution in [1.82, 2.24) is 15.0 Å². The fourth-order valence-electron chi connectivity index (χ4n) is 3.05. The van der Waals surface area contributed by atoms with Gasteiger partial charge in [0, 0.05) is 30.5 Å². The Hall–Kier alpha value is -2.47. The Morgan fingerprint density at radius 1 is 1.29 bits per heavy atom. The first-order valence-electron chi connectivity index (χ1n) is 7.99. The lowest BCUT2D eigenvalue weighted by atomic mass is 10.0. The topological polar surface area (TPSA) is 59.2 Å². The van der Waals surface area contributed by atoms with Gasteiger partial charge in [-0.15, -0.1) is 0 Å². The van der Waals surface area contributed by atoms with Gasteiger partial charge in [0.15, 0.2) is 5.82 Å². The van der Waals surface area contributed by atoms with Gasteiger partial charge in [-0.1, -0.05) is 23.4 Å². The molecule has 3 heterocycles. The number of nitrogens with zero attached hydrogens (tertiary/aromatic N) is 3. The highest BCUT2D eigenvalue weighted by atomic mass is 32.1. The van der Waals surface area contributed by atoms with Crippen molar-refractivity contribution in [3.8, 4) is 11.5 Å². The van der Waals surface area contributed by atoms with Crippen LogP contribution in [0.1, 0.15) is 22.6 Å². The summed E-state index contributed by atoms with van der Waals surface area (Å²) in [5, 5.41) is 7.93. The first-order chi connectivity index (χ1) is 11.8. The van der Waals surface area contributed by atoms with E-state index in [0.717, 1.165) is 37.1 Å². The van der Waals surface area contributed by atoms with Crippen molar-refractivity contribution in [3.63, 3.8) is 0 Å². The van der Waals surface area contributed by atoms with Crippen LogP contribution in [0.5, 0.6) is 0 Å². The van der Waals surface area contributed by atoms with Gasteiger partial charge in [-0.05, 0) is 35.9 Å². The molecular formula is C18H17N3O2S. The SMILES string of the molecule is O=C(c1ccsc1)N1CCC(Cc2noc(-c3ccccc3)n2)C1. The summed E-state index contributed by atoms with van der Waals surface area (Å²) in [6, 6.07) is 11.6. The molecule has 6 heteroatoms. The quantitative estimate of drug-likeness (QED) is 0.730. The van der Waals surface area contributed by atoms with Crippen molar-refractivity contribution in [2.45, 2.75) is 12.8 Å². The average Bonchev–Trinajstić information content (AvgIpc) is 3.37. The fraction of sp³-hybridized carbons (Fsp3) is 0.278. The number of likely N-dealkylation sites (tertiary alicyclic amines) is 1. The van der Waals surface area contributed by atoms with Crippen LogP contribution in [-0.2, 0) is 6.42 Å². The normalized spacial score (nSPS) is 17.3. The van der Waals surface area contributed by atoms with E-state index in [1.165, 1.54) is 0 Å². The Balaban J connectivity index is 1.39. The molecule has 0 bridgehead atoms. The molecule has 0 spiro atoms. The van der Waals surface area contributed by atoms with E-state index in [1.807, 2.05) is 52.1 Å². The van der Waals surface area contributed by atoms with E-state index in [0.29, 0.717) is 17.6 Å². The standard InChI is InChI=1S/C18H17N3O2S/c22-18(15-7-9-24-12-15)21-8-6-13(11-21)10-16-19-17(23-20-16)14-4-2-1-3-5-14/h1-5,7,9,12-13H,6,8,10-11H2. The van der Waals surface area contributed by atoms with Crippen molar-refractivity contribution >= 4 is 17.2 Å². The zero-order chi connectivity index (χ0) is 16.4. The van der Waals surface area contributed by atoms with Crippen LogP contribution in [0.25, 0.3) is 11.5 Å². The molecular weight excluding hydrogens is 322 g/mol. The van der Waals surface area contributed by atoms with Crippen molar-refractivity contribution in [3.05, 3.63) is 58.5 Å². The summed E-state index contributed by atoms with van der Waals surface area (Å²) in [5.74, 6) is 1.77. The van der Waals surface area contributed by atoms with Crippen LogP contribution in [0.4, 0.5) is 0 Å². The van der Waals surface area contributed by atoms with Crippen LogP contribution in [0.3, 0.4) is 0 Å². The molecule has 1 atom stereocenters. The number of thiophene rings is 1. The van der Waals surface area contributed by atoms with Gasteiger partial charge in [-0.2, -0.15) is 16.3 Å². The third kappa shape index (κ3) is 3.10. The lowest BCUT2D eigenvalue weighted by Crippen LogP contribution is -2.28. The molecule has 122 valence electrons. The summed E-state index contributed by atoms with van der Waals surface area (Å²) in [6.45, 7) is 1.55. The maximum absolute atomic E-state index is 12.4. The lowest BCUT2D eigenvalue weighted by molar-refractivity contribution is 0.0787. The number of rotatable bonds is 4. The van der Waals surface area contributed by atoms with Gasteiger partial charge < -0.3 is 9.42 Å². The maximum Gasteiger partial charge on any atom is 0.257 e. The summed E-state index contributed by atoms with van der Waals surface area (Å²) in [6.07, 6.45) is 1.72. The van der Waals surface area contributed by atoms with Crippen LogP contribution < -0.4 is 0 Å². The van der Waals surface area contributed by atoms with Crippen molar-refractivity contribution in [2.75, 3.05) is 13.1 Å². The number of hydrogen-bond acceptors (Lipinski definition) is 5. The molecule has 1 saturated heterocycles. The minimum Gasteiger partial charge on any atom is -0.338 e. The van der Waals surface area contributed by atoms with Crippen molar-refractivity contribution < 1.29 is 9.32 Å². The van der Waals surface area contributed by atoms with E-state index < -0.39 is 0 Å². The molecule has 3 aromatic rings. The zero-order valence-corrected chi connectivity index (χ0v) is 13.9. The van der Waals surface area contributed by atoms with Gasteiger partial charge in [-0.3, -0.25) is 4.79 Å². The second kappa shape index (κ2) is 6.57. The third-order valence-electron chi connectivity index (χ3n) is 4.30. The summed E-state index contributed by atoms with van der Waals surface area (Å²) in [7, 11) is 0. The van der Waals surface area contributed by atoms with Gasteiger partial charge in [0.05, 0.1) is 5.56 Å². The summed E-state index contributed by atoms with van der Waals surface area (Å²) in [4.78, 5) is 18.8. The number of aromatic nitrogens is 2. The Kier molecular flexibility index (Phi) is 4.13. The highest BCUT2D eigenvalue weighted by Crippen LogP contribution is 2.23. The second-order valence-electron chi connectivity index (χ2n) is 6.00. The first-order valence-corrected chi connectivity index (χ1v) is 8.93. The number of carbonyl (C=O) groups excluding carboxylic acids is 1. The predicted octanol–water partition coefficient (Wildman–Crippen LogP) is 3.50. The number of carbonyl (C=O) groups is 1. The van der Waals surface area contributed by atoms with E-state index in [9.17, 15) is 4.79 Å². The van der Waals surface area contributed by atoms with Crippen LogP contribution in [0, 0.1) is 5.92 Å². The molecule has 1 unspecified atom stereocenters. The van der Waals surface area contributed by atoms with Crippen LogP contribution in [-0.4, -0.2) is 34.0 Å². The molecule has 0 radical (unpaired) electrons.